The van der Waals surface area contributed by atoms with Gasteiger partial charge in [0, 0.05) is 0 Å². The van der Waals surface area contributed by atoms with Crippen LogP contribution in [0.3, 0.4) is 0 Å². The molecule has 0 N–H and O–H groups in total. The van der Waals surface area contributed by atoms with E-state index in [0.717, 1.165) is 30.2 Å². The van der Waals surface area contributed by atoms with Crippen molar-refractivity contribution < 1.29 is 8.78 Å². The number of rotatable bonds is 4. The zero-order valence-corrected chi connectivity index (χ0v) is 14.8. The Balaban J connectivity index is 1.46. The van der Waals surface area contributed by atoms with Gasteiger partial charge in [0.2, 0.25) is 0 Å². The van der Waals surface area contributed by atoms with Gasteiger partial charge in [-0.2, -0.15) is 0 Å². The first-order valence-electron chi connectivity index (χ1n) is 9.79. The Kier molecular flexibility index (Phi) is 6.08. The maximum Gasteiger partial charge on any atom is 0.159 e. The van der Waals surface area contributed by atoms with E-state index in [1.165, 1.54) is 57.1 Å². The third kappa shape index (κ3) is 4.46. The summed E-state index contributed by atoms with van der Waals surface area (Å²) in [5.74, 6) is 1.36. The fourth-order valence-corrected chi connectivity index (χ4v) is 4.51. The van der Waals surface area contributed by atoms with Crippen molar-refractivity contribution in [2.75, 3.05) is 0 Å². The molecule has 2 heteroatoms. The first kappa shape index (κ1) is 17.6. The van der Waals surface area contributed by atoms with Crippen molar-refractivity contribution in [2.45, 2.75) is 70.6 Å². The van der Waals surface area contributed by atoms with Crippen LogP contribution in [0.1, 0.15) is 76.2 Å². The molecular weight excluding hydrogens is 302 g/mol. The molecule has 0 atom stereocenters. The van der Waals surface area contributed by atoms with Crippen LogP contribution in [0.25, 0.3) is 0 Å². The second-order valence-corrected chi connectivity index (χ2v) is 7.86. The number of allylic oxidation sites excluding steroid dienone is 2. The van der Waals surface area contributed by atoms with Crippen molar-refractivity contribution in [3.63, 3.8) is 0 Å². The molecule has 0 unspecified atom stereocenters. The van der Waals surface area contributed by atoms with Gasteiger partial charge in [0.25, 0.3) is 0 Å². The molecule has 3 rings (SSSR count). The summed E-state index contributed by atoms with van der Waals surface area (Å²) in [6.07, 6.45) is 16.3. The van der Waals surface area contributed by atoms with E-state index in [1.807, 2.05) is 0 Å². The molecular formula is C22H30F2. The highest BCUT2D eigenvalue weighted by molar-refractivity contribution is 5.22. The number of hydrogen-bond donors (Lipinski definition) is 0. The molecule has 2 aliphatic rings. The van der Waals surface area contributed by atoms with Gasteiger partial charge in [-0.25, -0.2) is 8.78 Å². The summed E-state index contributed by atoms with van der Waals surface area (Å²) < 4.78 is 26.5. The molecule has 0 amide bonds. The smallest absolute Gasteiger partial charge is 0.159 e. The maximum atomic E-state index is 13.4. The second kappa shape index (κ2) is 8.27. The minimum atomic E-state index is -0.742. The first-order valence-corrected chi connectivity index (χ1v) is 9.79. The van der Waals surface area contributed by atoms with Gasteiger partial charge >= 0.3 is 0 Å². The molecule has 0 heterocycles. The Morgan fingerprint density at radius 1 is 0.833 bits per heavy atom. The molecule has 1 aromatic rings. The summed E-state index contributed by atoms with van der Waals surface area (Å²) in [6, 6.07) is 4.41. The van der Waals surface area contributed by atoms with Gasteiger partial charge in [-0.05, 0) is 92.7 Å². The van der Waals surface area contributed by atoms with Gasteiger partial charge in [-0.15, -0.1) is 0 Å². The maximum absolute atomic E-state index is 13.4. The molecule has 2 fully saturated rings. The summed E-state index contributed by atoms with van der Waals surface area (Å²) in [6.45, 7) is 2.31. The standard InChI is InChI=1S/C22H30F2/c1-2-16-3-5-17(6-4-16)7-8-18-9-11-19(12-10-18)20-13-14-21(23)22(24)15-20/h7-8,13-19H,2-6,9-12H2,1H3/b8-7+. The third-order valence-electron chi connectivity index (χ3n) is 6.31. The minimum absolute atomic E-state index is 0.393. The fraction of sp³-hybridized carbons (Fsp3) is 0.636. The van der Waals surface area contributed by atoms with Crippen LogP contribution in [-0.4, -0.2) is 0 Å². The average molecular weight is 332 g/mol. The van der Waals surface area contributed by atoms with E-state index in [2.05, 4.69) is 19.1 Å². The van der Waals surface area contributed by atoms with Crippen molar-refractivity contribution in [1.29, 1.82) is 0 Å². The predicted molar refractivity (Wildman–Crippen MR) is 95.9 cm³/mol. The van der Waals surface area contributed by atoms with Crippen LogP contribution < -0.4 is 0 Å². The van der Waals surface area contributed by atoms with Crippen molar-refractivity contribution in [3.8, 4) is 0 Å². The van der Waals surface area contributed by atoms with Gasteiger partial charge in [-0.3, -0.25) is 0 Å². The number of benzene rings is 1. The monoisotopic (exact) mass is 332 g/mol. The van der Waals surface area contributed by atoms with E-state index in [9.17, 15) is 8.78 Å². The summed E-state index contributed by atoms with van der Waals surface area (Å²) in [7, 11) is 0. The average Bonchev–Trinajstić information content (AvgIpc) is 2.63. The topological polar surface area (TPSA) is 0 Å². The van der Waals surface area contributed by atoms with Crippen LogP contribution >= 0.6 is 0 Å². The number of halogens is 2. The molecule has 24 heavy (non-hydrogen) atoms. The first-order chi connectivity index (χ1) is 11.7. The van der Waals surface area contributed by atoms with E-state index >= 15 is 0 Å². The van der Waals surface area contributed by atoms with Crippen molar-refractivity contribution in [2.24, 2.45) is 17.8 Å². The van der Waals surface area contributed by atoms with Gasteiger partial charge in [0.05, 0.1) is 0 Å². The molecule has 0 nitrogen and oxygen atoms in total. The minimum Gasteiger partial charge on any atom is -0.204 e. The Hall–Kier alpha value is -1.18. The van der Waals surface area contributed by atoms with E-state index in [0.29, 0.717) is 11.8 Å². The number of hydrogen-bond acceptors (Lipinski definition) is 0. The summed E-state index contributed by atoms with van der Waals surface area (Å²) in [5, 5.41) is 0. The van der Waals surface area contributed by atoms with Gasteiger partial charge in [0.15, 0.2) is 11.6 Å². The van der Waals surface area contributed by atoms with E-state index in [4.69, 9.17) is 0 Å². The third-order valence-corrected chi connectivity index (χ3v) is 6.31. The molecule has 0 aliphatic heterocycles. The largest absolute Gasteiger partial charge is 0.204 e. The van der Waals surface area contributed by atoms with E-state index in [1.54, 1.807) is 6.07 Å². The van der Waals surface area contributed by atoms with Crippen LogP contribution in [-0.2, 0) is 0 Å². The SMILES string of the molecule is CCC1CCC(/C=C/C2CCC(c3ccc(F)c(F)c3)CC2)CC1. The lowest BCUT2D eigenvalue weighted by molar-refractivity contribution is 0.301. The summed E-state index contributed by atoms with van der Waals surface area (Å²) >= 11 is 0. The fourth-order valence-electron chi connectivity index (χ4n) is 4.51. The molecule has 1 aromatic carbocycles. The zero-order chi connectivity index (χ0) is 16.9. The summed E-state index contributed by atoms with van der Waals surface area (Å²) in [4.78, 5) is 0. The Labute approximate surface area is 145 Å². The van der Waals surface area contributed by atoms with Gasteiger partial charge in [0.1, 0.15) is 0 Å². The molecule has 0 radical (unpaired) electrons. The molecule has 2 aliphatic carbocycles. The lowest BCUT2D eigenvalue weighted by Gasteiger charge is -2.28. The molecule has 0 bridgehead atoms. The van der Waals surface area contributed by atoms with E-state index < -0.39 is 11.6 Å². The Morgan fingerprint density at radius 3 is 1.96 bits per heavy atom. The normalized spacial score (nSPS) is 31.5. The quantitative estimate of drug-likeness (QED) is 0.520. The highest BCUT2D eigenvalue weighted by Crippen LogP contribution is 2.37. The molecule has 132 valence electrons. The lowest BCUT2D eigenvalue weighted by Crippen LogP contribution is -2.14. The highest BCUT2D eigenvalue weighted by atomic mass is 19.2. The van der Waals surface area contributed by atoms with Gasteiger partial charge < -0.3 is 0 Å². The Bertz CT molecular complexity index is 547. The van der Waals surface area contributed by atoms with Crippen LogP contribution in [0.4, 0.5) is 8.78 Å². The molecule has 0 spiro atoms. The van der Waals surface area contributed by atoms with E-state index in [-0.39, 0.29) is 0 Å². The summed E-state index contributed by atoms with van der Waals surface area (Å²) in [5.41, 5.74) is 0.967. The van der Waals surface area contributed by atoms with Crippen LogP contribution in [0.5, 0.6) is 0 Å². The predicted octanol–water partition coefficient (Wildman–Crippen LogP) is 7.01. The van der Waals surface area contributed by atoms with Crippen molar-refractivity contribution in [3.05, 3.63) is 47.5 Å². The second-order valence-electron chi connectivity index (χ2n) is 7.86. The highest BCUT2D eigenvalue weighted by Gasteiger charge is 2.23. The van der Waals surface area contributed by atoms with Gasteiger partial charge in [-0.1, -0.05) is 31.6 Å². The zero-order valence-electron chi connectivity index (χ0n) is 14.8. The van der Waals surface area contributed by atoms with Crippen molar-refractivity contribution in [1.82, 2.24) is 0 Å². The van der Waals surface area contributed by atoms with Crippen molar-refractivity contribution >= 4 is 0 Å². The Morgan fingerprint density at radius 2 is 1.42 bits per heavy atom. The molecule has 2 saturated carbocycles. The van der Waals surface area contributed by atoms with Crippen LogP contribution in [0.15, 0.2) is 30.4 Å². The molecule has 0 aromatic heterocycles. The van der Waals surface area contributed by atoms with Crippen LogP contribution in [0.2, 0.25) is 0 Å². The lowest BCUT2D eigenvalue weighted by atomic mass is 9.77. The molecule has 0 saturated heterocycles. The van der Waals surface area contributed by atoms with Crippen LogP contribution in [0, 0.1) is 29.4 Å².